The van der Waals surface area contributed by atoms with Crippen LogP contribution in [-0.4, -0.2) is 40.4 Å². The monoisotopic (exact) mass is 214 g/mol. The molecule has 3 atom stereocenters. The van der Waals surface area contributed by atoms with Crippen LogP contribution in [0.2, 0.25) is 0 Å². The molecule has 0 saturated carbocycles. The van der Waals surface area contributed by atoms with Crippen molar-refractivity contribution in [1.29, 1.82) is 0 Å². The first-order valence-corrected chi connectivity index (χ1v) is 4.83. The molecule has 1 heterocycles. The van der Waals surface area contributed by atoms with Crippen LogP contribution >= 0.6 is 0 Å². The summed E-state index contributed by atoms with van der Waals surface area (Å²) in [4.78, 5) is 0. The Balaban J connectivity index is 2.93. The Morgan fingerprint density at radius 3 is 2.40 bits per heavy atom. The molecule has 1 unspecified atom stereocenters. The molecule has 0 aliphatic carbocycles. The van der Waals surface area contributed by atoms with Crippen molar-refractivity contribution in [3.8, 4) is 0 Å². The summed E-state index contributed by atoms with van der Waals surface area (Å²) in [6.45, 7) is 10.1. The lowest BCUT2D eigenvalue weighted by Crippen LogP contribution is -2.48. The van der Waals surface area contributed by atoms with Gasteiger partial charge in [-0.2, -0.15) is 0 Å². The van der Waals surface area contributed by atoms with Gasteiger partial charge in [0, 0.05) is 0 Å². The molecule has 86 valence electrons. The predicted octanol–water partition coefficient (Wildman–Crippen LogP) is 0.602. The summed E-state index contributed by atoms with van der Waals surface area (Å²) in [6.07, 6.45) is 1.66. The fourth-order valence-corrected chi connectivity index (χ4v) is 1.62. The number of hydrogen-bond donors (Lipinski definition) is 2. The maximum atomic E-state index is 10.0. The van der Waals surface area contributed by atoms with Crippen LogP contribution in [0, 0.1) is 0 Å². The quantitative estimate of drug-likeness (QED) is 0.673. The van der Waals surface area contributed by atoms with Crippen molar-refractivity contribution in [3.05, 3.63) is 25.3 Å². The first kappa shape index (κ1) is 12.4. The largest absolute Gasteiger partial charge is 0.393 e. The van der Waals surface area contributed by atoms with Gasteiger partial charge in [-0.25, -0.2) is 0 Å². The molecule has 1 fully saturated rings. The van der Waals surface area contributed by atoms with Crippen LogP contribution in [0.3, 0.4) is 0 Å². The molecule has 1 aliphatic heterocycles. The zero-order valence-corrected chi connectivity index (χ0v) is 9.14. The smallest absolute Gasteiger partial charge is 0.164 e. The second-order valence-electron chi connectivity index (χ2n) is 4.11. The van der Waals surface area contributed by atoms with E-state index in [1.165, 1.54) is 6.08 Å². The maximum Gasteiger partial charge on any atom is 0.164 e. The van der Waals surface area contributed by atoms with Gasteiger partial charge in [-0.05, 0) is 13.8 Å². The molecule has 0 aromatic heterocycles. The summed E-state index contributed by atoms with van der Waals surface area (Å²) in [7, 11) is 0. The Morgan fingerprint density at radius 2 is 2.00 bits per heavy atom. The van der Waals surface area contributed by atoms with Crippen molar-refractivity contribution >= 4 is 0 Å². The van der Waals surface area contributed by atoms with Gasteiger partial charge in [0.2, 0.25) is 0 Å². The molecule has 0 bridgehead atoms. The minimum absolute atomic E-state index is 0.463. The van der Waals surface area contributed by atoms with Crippen molar-refractivity contribution in [2.24, 2.45) is 0 Å². The van der Waals surface area contributed by atoms with Crippen LogP contribution < -0.4 is 0 Å². The van der Waals surface area contributed by atoms with Gasteiger partial charge in [0.1, 0.15) is 17.8 Å². The molecule has 0 aromatic carbocycles. The molecule has 4 nitrogen and oxygen atoms in total. The highest BCUT2D eigenvalue weighted by Gasteiger charge is 2.49. The Bertz CT molecular complexity index is 261. The van der Waals surface area contributed by atoms with E-state index in [0.717, 1.165) is 0 Å². The molecule has 0 aromatic rings. The molecule has 1 aliphatic rings. The highest BCUT2D eigenvalue weighted by Crippen LogP contribution is 2.34. The molecule has 15 heavy (non-hydrogen) atoms. The van der Waals surface area contributed by atoms with E-state index < -0.39 is 30.2 Å². The third-order valence-electron chi connectivity index (χ3n) is 2.46. The Hall–Kier alpha value is -0.680. The van der Waals surface area contributed by atoms with Gasteiger partial charge in [-0.15, -0.1) is 13.2 Å². The number of ether oxygens (including phenoxy) is 2. The van der Waals surface area contributed by atoms with Crippen molar-refractivity contribution in [3.63, 3.8) is 0 Å². The summed E-state index contributed by atoms with van der Waals surface area (Å²) in [5, 5.41) is 19.2. The normalized spacial score (nSPS) is 33.3. The topological polar surface area (TPSA) is 58.9 Å². The SMILES string of the molecule is C=C[C@@H]1OC(C)(C)O[C@@H]1C(O)(C=C)CO. The van der Waals surface area contributed by atoms with E-state index in [9.17, 15) is 5.11 Å². The number of hydrogen-bond acceptors (Lipinski definition) is 4. The predicted molar refractivity (Wildman–Crippen MR) is 56.3 cm³/mol. The maximum absolute atomic E-state index is 10.0. The summed E-state index contributed by atoms with van der Waals surface area (Å²) in [6, 6.07) is 0. The summed E-state index contributed by atoms with van der Waals surface area (Å²) >= 11 is 0. The highest BCUT2D eigenvalue weighted by molar-refractivity contribution is 5.10. The van der Waals surface area contributed by atoms with Crippen LogP contribution in [0.15, 0.2) is 25.3 Å². The number of aliphatic hydroxyl groups is 2. The first-order chi connectivity index (χ1) is 6.88. The van der Waals surface area contributed by atoms with E-state index in [4.69, 9.17) is 14.6 Å². The van der Waals surface area contributed by atoms with Crippen LogP contribution in [0.4, 0.5) is 0 Å². The summed E-state index contributed by atoms with van der Waals surface area (Å²) in [5.74, 6) is -0.796. The molecular formula is C11H18O4. The minimum atomic E-state index is -1.51. The van der Waals surface area contributed by atoms with Crippen LogP contribution in [0.5, 0.6) is 0 Å². The van der Waals surface area contributed by atoms with E-state index in [1.807, 2.05) is 0 Å². The lowest BCUT2D eigenvalue weighted by molar-refractivity contribution is -0.167. The van der Waals surface area contributed by atoms with Gasteiger partial charge in [0.25, 0.3) is 0 Å². The average molecular weight is 214 g/mol. The molecular weight excluding hydrogens is 196 g/mol. The third-order valence-corrected chi connectivity index (χ3v) is 2.46. The van der Waals surface area contributed by atoms with Crippen molar-refractivity contribution < 1.29 is 19.7 Å². The molecule has 1 rings (SSSR count). The van der Waals surface area contributed by atoms with E-state index >= 15 is 0 Å². The fraction of sp³-hybridized carbons (Fsp3) is 0.636. The van der Waals surface area contributed by atoms with Gasteiger partial charge in [-0.3, -0.25) is 0 Å². The Labute approximate surface area is 89.8 Å². The van der Waals surface area contributed by atoms with Gasteiger partial charge in [0.15, 0.2) is 5.79 Å². The van der Waals surface area contributed by atoms with Gasteiger partial charge in [0.05, 0.1) is 6.61 Å². The molecule has 0 radical (unpaired) electrons. The zero-order chi connectivity index (χ0) is 11.7. The van der Waals surface area contributed by atoms with Crippen molar-refractivity contribution in [2.75, 3.05) is 6.61 Å². The van der Waals surface area contributed by atoms with Crippen molar-refractivity contribution in [2.45, 2.75) is 37.4 Å². The Morgan fingerprint density at radius 1 is 1.40 bits per heavy atom. The lowest BCUT2D eigenvalue weighted by Gasteiger charge is -2.30. The lowest BCUT2D eigenvalue weighted by atomic mass is 9.93. The van der Waals surface area contributed by atoms with Crippen LogP contribution in [-0.2, 0) is 9.47 Å². The molecule has 0 spiro atoms. The molecule has 1 saturated heterocycles. The zero-order valence-electron chi connectivity index (χ0n) is 9.14. The minimum Gasteiger partial charge on any atom is -0.393 e. The first-order valence-electron chi connectivity index (χ1n) is 4.83. The van der Waals surface area contributed by atoms with Crippen molar-refractivity contribution in [1.82, 2.24) is 0 Å². The van der Waals surface area contributed by atoms with Crippen LogP contribution in [0.25, 0.3) is 0 Å². The summed E-state index contributed by atoms with van der Waals surface area (Å²) in [5.41, 5.74) is -1.51. The van der Waals surface area contributed by atoms with E-state index in [-0.39, 0.29) is 0 Å². The second kappa shape index (κ2) is 4.06. The van der Waals surface area contributed by atoms with Gasteiger partial charge in [-0.1, -0.05) is 12.2 Å². The summed E-state index contributed by atoms with van der Waals surface area (Å²) < 4.78 is 11.0. The van der Waals surface area contributed by atoms with Gasteiger partial charge >= 0.3 is 0 Å². The van der Waals surface area contributed by atoms with E-state index in [1.54, 1.807) is 19.9 Å². The van der Waals surface area contributed by atoms with Gasteiger partial charge < -0.3 is 19.7 Å². The second-order valence-corrected chi connectivity index (χ2v) is 4.11. The standard InChI is InChI=1S/C11H18O4/c1-5-8-9(11(13,6-2)7-12)15-10(3,4)14-8/h5-6,8-9,12-13H,1-2,7H2,3-4H3/t8-,9-,11?/m0/s1. The molecule has 4 heteroatoms. The van der Waals surface area contributed by atoms with E-state index in [0.29, 0.717) is 0 Å². The molecule has 2 N–H and O–H groups in total. The third kappa shape index (κ3) is 2.29. The molecule has 0 amide bonds. The highest BCUT2D eigenvalue weighted by atomic mass is 16.8. The number of rotatable bonds is 4. The van der Waals surface area contributed by atoms with Crippen LogP contribution in [0.1, 0.15) is 13.8 Å². The van der Waals surface area contributed by atoms with E-state index in [2.05, 4.69) is 13.2 Å². The average Bonchev–Trinajstić information content (AvgIpc) is 2.53. The fourth-order valence-electron chi connectivity index (χ4n) is 1.62. The number of aliphatic hydroxyl groups excluding tert-OH is 1. The Kier molecular flexibility index (Phi) is 3.35.